The van der Waals surface area contributed by atoms with E-state index in [4.69, 9.17) is 4.74 Å². The van der Waals surface area contributed by atoms with Gasteiger partial charge in [0.05, 0.1) is 13.0 Å². The van der Waals surface area contributed by atoms with Crippen molar-refractivity contribution in [2.45, 2.75) is 64.0 Å². The molecule has 0 aliphatic rings. The van der Waals surface area contributed by atoms with Crippen LogP contribution in [-0.4, -0.2) is 18.2 Å². The van der Waals surface area contributed by atoms with Gasteiger partial charge in [-0.15, -0.1) is 0 Å². The Morgan fingerprint density at radius 2 is 1.60 bits per heavy atom. The summed E-state index contributed by atoms with van der Waals surface area (Å²) in [7, 11) is -1.54. The summed E-state index contributed by atoms with van der Waals surface area (Å²) >= 11 is 0. The lowest BCUT2D eigenvalue weighted by Crippen LogP contribution is -2.06. The molecule has 0 bridgehead atoms. The van der Waals surface area contributed by atoms with E-state index in [0.29, 0.717) is 18.6 Å². The van der Waals surface area contributed by atoms with E-state index in [1.165, 1.54) is 0 Å². The van der Waals surface area contributed by atoms with Crippen LogP contribution in [0.2, 0.25) is 0 Å². The van der Waals surface area contributed by atoms with Crippen LogP contribution in [0.1, 0.15) is 58.3 Å². The molecule has 0 radical (unpaired) electrons. The van der Waals surface area contributed by atoms with Crippen molar-refractivity contribution in [1.29, 1.82) is 0 Å². The van der Waals surface area contributed by atoms with Crippen LogP contribution in [0.4, 0.5) is 8.78 Å². The smallest absolute Gasteiger partial charge is 0.438 e. The van der Waals surface area contributed by atoms with Crippen molar-refractivity contribution in [2.24, 2.45) is 0 Å². The quantitative estimate of drug-likeness (QED) is 0.224. The number of hydrogen-bond donors (Lipinski definition) is 0. The zero-order valence-electron chi connectivity index (χ0n) is 12.1. The van der Waals surface area contributed by atoms with Gasteiger partial charge < -0.3 is 4.74 Å². The van der Waals surface area contributed by atoms with Crippen LogP contribution in [0.3, 0.4) is 0 Å². The summed E-state index contributed by atoms with van der Waals surface area (Å²) < 4.78 is 40.4. The Morgan fingerprint density at radius 1 is 1.10 bits per heavy atom. The third-order valence-electron chi connectivity index (χ3n) is 2.87. The summed E-state index contributed by atoms with van der Waals surface area (Å²) in [6.07, 6.45) is 5.54. The van der Waals surface area contributed by atoms with Crippen molar-refractivity contribution < 1.29 is 22.9 Å². The molecule has 0 aromatic carbocycles. The number of unbranched alkanes of at least 4 members (excludes halogenated alkanes) is 6. The van der Waals surface area contributed by atoms with Crippen molar-refractivity contribution in [3.05, 3.63) is 12.2 Å². The molecule has 6 heteroatoms. The normalized spacial score (nSPS) is 11.6. The van der Waals surface area contributed by atoms with E-state index in [1.54, 1.807) is 6.92 Å². The summed E-state index contributed by atoms with van der Waals surface area (Å²) in [5, 5.41) is 0. The molecular weight excluding hydrogens is 285 g/mol. The van der Waals surface area contributed by atoms with Gasteiger partial charge in [-0.2, -0.15) is 8.78 Å². The molecule has 20 heavy (non-hydrogen) atoms. The second kappa shape index (κ2) is 10.9. The molecular formula is C14H24F2O3P+. The highest BCUT2D eigenvalue weighted by Crippen LogP contribution is 2.32. The SMILES string of the molecule is C=C(C)C(=O)OCCCCCCCCCC(F)(F)[PH+]=O. The molecule has 0 N–H and O–H groups in total. The van der Waals surface area contributed by atoms with Gasteiger partial charge in [0.2, 0.25) is 0 Å². The Kier molecular flexibility index (Phi) is 10.4. The average Bonchev–Trinajstić information content (AvgIpc) is 2.40. The minimum atomic E-state index is -3.01. The number of halogens is 2. The fourth-order valence-corrected chi connectivity index (χ4v) is 1.95. The zero-order valence-corrected chi connectivity index (χ0v) is 13.1. The molecule has 0 saturated heterocycles. The second-order valence-electron chi connectivity index (χ2n) is 4.95. The second-order valence-corrected chi connectivity index (χ2v) is 5.88. The number of rotatable bonds is 12. The summed E-state index contributed by atoms with van der Waals surface area (Å²) in [4.78, 5) is 11.1. The van der Waals surface area contributed by atoms with Gasteiger partial charge in [0.1, 0.15) is 0 Å². The van der Waals surface area contributed by atoms with Gasteiger partial charge in [0, 0.05) is 5.57 Å². The Hall–Kier alpha value is -0.830. The number of carbonyl (C=O) groups excluding carboxylic acids is 1. The maximum absolute atomic E-state index is 12.6. The lowest BCUT2D eigenvalue weighted by molar-refractivity contribution is -0.139. The fraction of sp³-hybridized carbons (Fsp3) is 0.786. The molecule has 0 rings (SSSR count). The number of alkyl halides is 2. The standard InChI is InChI=1S/C14H23F2O3P/c1-12(2)13(17)19-11-9-7-5-3-4-6-8-10-14(15,16)20-18/h1,3-11H2,2H3/p+1. The monoisotopic (exact) mass is 309 g/mol. The van der Waals surface area contributed by atoms with E-state index < -0.39 is 14.1 Å². The number of carbonyl (C=O) groups is 1. The van der Waals surface area contributed by atoms with Crippen LogP contribution in [0, 0.1) is 0 Å². The average molecular weight is 309 g/mol. The molecule has 3 nitrogen and oxygen atoms in total. The van der Waals surface area contributed by atoms with Gasteiger partial charge >= 0.3 is 20.1 Å². The topological polar surface area (TPSA) is 43.4 Å². The minimum absolute atomic E-state index is 0.286. The summed E-state index contributed by atoms with van der Waals surface area (Å²) in [5.41, 5.74) is -2.60. The van der Waals surface area contributed by atoms with E-state index in [9.17, 15) is 18.1 Å². The largest absolute Gasteiger partial charge is 0.462 e. The van der Waals surface area contributed by atoms with Gasteiger partial charge in [-0.25, -0.2) is 4.79 Å². The molecule has 0 saturated carbocycles. The molecule has 1 unspecified atom stereocenters. The van der Waals surface area contributed by atoms with Gasteiger partial charge in [-0.3, -0.25) is 0 Å². The Balaban J connectivity index is 3.27. The first-order chi connectivity index (χ1) is 9.39. The van der Waals surface area contributed by atoms with E-state index in [2.05, 4.69) is 6.58 Å². The maximum Gasteiger partial charge on any atom is 0.438 e. The first-order valence-corrected chi connectivity index (χ1v) is 7.89. The van der Waals surface area contributed by atoms with E-state index in [-0.39, 0.29) is 12.4 Å². The van der Waals surface area contributed by atoms with Crippen LogP contribution in [0.15, 0.2) is 12.2 Å². The maximum atomic E-state index is 12.6. The summed E-state index contributed by atoms with van der Waals surface area (Å²) in [6.45, 7) is 5.50. The number of esters is 1. The molecule has 0 fully saturated rings. The highest BCUT2D eigenvalue weighted by atomic mass is 31.1. The van der Waals surface area contributed by atoms with E-state index in [0.717, 1.165) is 38.5 Å². The molecule has 0 aliphatic carbocycles. The molecule has 0 amide bonds. The van der Waals surface area contributed by atoms with Crippen LogP contribution in [0.25, 0.3) is 0 Å². The molecule has 116 valence electrons. The van der Waals surface area contributed by atoms with Crippen LogP contribution < -0.4 is 0 Å². The number of ether oxygens (including phenoxy) is 1. The van der Waals surface area contributed by atoms with Crippen molar-refractivity contribution in [2.75, 3.05) is 6.61 Å². The predicted octanol–water partition coefficient (Wildman–Crippen LogP) is 4.84. The first kappa shape index (κ1) is 19.2. The van der Waals surface area contributed by atoms with Crippen LogP contribution in [-0.2, 0) is 14.1 Å². The lowest BCUT2D eigenvalue weighted by atomic mass is 10.1. The fourth-order valence-electron chi connectivity index (χ4n) is 1.67. The third-order valence-corrected chi connectivity index (χ3v) is 3.41. The van der Waals surface area contributed by atoms with E-state index in [1.807, 2.05) is 0 Å². The van der Waals surface area contributed by atoms with Crippen LogP contribution >= 0.6 is 8.46 Å². The van der Waals surface area contributed by atoms with Gasteiger partial charge in [0.15, 0.2) is 0 Å². The Bertz CT molecular complexity index is 320. The van der Waals surface area contributed by atoms with Crippen molar-refractivity contribution in [3.8, 4) is 0 Å². The minimum Gasteiger partial charge on any atom is -0.462 e. The Morgan fingerprint density at radius 3 is 2.10 bits per heavy atom. The van der Waals surface area contributed by atoms with Crippen molar-refractivity contribution in [1.82, 2.24) is 0 Å². The van der Waals surface area contributed by atoms with Gasteiger partial charge in [0.25, 0.3) is 0 Å². The molecule has 0 spiro atoms. The zero-order chi connectivity index (χ0) is 15.4. The first-order valence-electron chi connectivity index (χ1n) is 6.99. The third kappa shape index (κ3) is 11.0. The summed E-state index contributed by atoms with van der Waals surface area (Å²) in [6, 6.07) is 0. The van der Waals surface area contributed by atoms with Crippen molar-refractivity contribution >= 4 is 14.4 Å². The molecule has 0 aromatic heterocycles. The van der Waals surface area contributed by atoms with Gasteiger partial charge in [-0.05, 0) is 19.8 Å². The molecule has 0 heterocycles. The summed E-state index contributed by atoms with van der Waals surface area (Å²) in [5.74, 6) is -0.356. The van der Waals surface area contributed by atoms with Crippen LogP contribution in [0.5, 0.6) is 0 Å². The van der Waals surface area contributed by atoms with Gasteiger partial charge in [-0.1, -0.05) is 43.2 Å². The molecule has 0 aliphatic heterocycles. The Labute approximate surface area is 121 Å². The molecule has 1 atom stereocenters. The predicted molar refractivity (Wildman–Crippen MR) is 76.7 cm³/mol. The highest BCUT2D eigenvalue weighted by molar-refractivity contribution is 7.25. The lowest BCUT2D eigenvalue weighted by Gasteiger charge is -2.05. The molecule has 0 aromatic rings. The van der Waals surface area contributed by atoms with Crippen molar-refractivity contribution in [3.63, 3.8) is 0 Å². The highest BCUT2D eigenvalue weighted by Gasteiger charge is 2.37. The number of hydrogen-bond acceptors (Lipinski definition) is 3. The van der Waals surface area contributed by atoms with E-state index >= 15 is 0 Å².